The summed E-state index contributed by atoms with van der Waals surface area (Å²) in [6.45, 7) is -0.627. The molecule has 0 saturated carbocycles. The fourth-order valence-electron chi connectivity index (χ4n) is 3.18. The Morgan fingerprint density at radius 1 is 1.03 bits per heavy atom. The van der Waals surface area contributed by atoms with Crippen molar-refractivity contribution in [2.75, 3.05) is 6.61 Å². The zero-order chi connectivity index (χ0) is 23.6. The number of carbonyl (C=O) groups excluding carboxylic acids is 1. The zero-order valence-corrected chi connectivity index (χ0v) is 16.4. The van der Waals surface area contributed by atoms with E-state index in [1.165, 1.54) is 24.3 Å². The van der Waals surface area contributed by atoms with Gasteiger partial charge >= 0.3 is 5.97 Å². The van der Waals surface area contributed by atoms with E-state index < -0.39 is 54.3 Å². The van der Waals surface area contributed by atoms with E-state index in [-0.39, 0.29) is 17.1 Å². The molecule has 11 heteroatoms. The van der Waals surface area contributed by atoms with Gasteiger partial charge in [-0.1, -0.05) is 12.1 Å². The maximum atomic E-state index is 12.5. The molecule has 32 heavy (non-hydrogen) atoms. The molecule has 0 spiro atoms. The monoisotopic (exact) mass is 449 g/mol. The van der Waals surface area contributed by atoms with Gasteiger partial charge in [-0.3, -0.25) is 0 Å². The van der Waals surface area contributed by atoms with Crippen molar-refractivity contribution in [2.24, 2.45) is 0 Å². The summed E-state index contributed by atoms with van der Waals surface area (Å²) in [6.07, 6.45) is -5.44. The predicted octanol–water partition coefficient (Wildman–Crippen LogP) is -1.24. The molecule has 1 fully saturated rings. The van der Waals surface area contributed by atoms with Crippen LogP contribution in [0.3, 0.4) is 0 Å². The quantitative estimate of drug-likeness (QED) is 0.164. The van der Waals surface area contributed by atoms with Crippen molar-refractivity contribution in [1.29, 1.82) is 0 Å². The van der Waals surface area contributed by atoms with Gasteiger partial charge in [0.1, 0.15) is 30.5 Å². The van der Waals surface area contributed by atoms with E-state index in [1.54, 1.807) is 0 Å². The number of phenolic OH excluding ortho intramolecular Hbond substituents is 4. The third-order valence-corrected chi connectivity index (χ3v) is 5.05. The highest BCUT2D eigenvalue weighted by molar-refractivity contribution is 5.87. The number of esters is 1. The van der Waals surface area contributed by atoms with Crippen LogP contribution in [0.1, 0.15) is 11.1 Å². The largest absolute Gasteiger partial charge is 0.829 e. The lowest BCUT2D eigenvalue weighted by molar-refractivity contribution is -0.555. The number of phenols is 4. The van der Waals surface area contributed by atoms with E-state index in [1.807, 2.05) is 0 Å². The van der Waals surface area contributed by atoms with Gasteiger partial charge in [-0.05, 0) is 41.5 Å². The molecule has 0 aliphatic carbocycles. The SMILES string of the molecule is O=C(/C=C/c1ccc(O)c(O)c1)OC[C@H]1O[C@@H]([O-])[C@@](O)(c2ccc(O)c(O)c2)[C@@H](O)[C@@H]1O. The van der Waals surface area contributed by atoms with Crippen LogP contribution in [0.25, 0.3) is 6.08 Å². The van der Waals surface area contributed by atoms with Crippen molar-refractivity contribution in [1.82, 2.24) is 0 Å². The number of benzene rings is 2. The summed E-state index contributed by atoms with van der Waals surface area (Å²) in [5.41, 5.74) is -2.58. The molecule has 1 aliphatic rings. The van der Waals surface area contributed by atoms with Crippen molar-refractivity contribution in [3.8, 4) is 23.0 Å². The first kappa shape index (κ1) is 23.3. The number of hydrogen-bond acceptors (Lipinski definition) is 11. The molecule has 0 unspecified atom stereocenters. The van der Waals surface area contributed by atoms with E-state index in [9.17, 15) is 45.6 Å². The lowest BCUT2D eigenvalue weighted by atomic mass is 9.81. The minimum Gasteiger partial charge on any atom is -0.829 e. The highest BCUT2D eigenvalue weighted by atomic mass is 16.7. The lowest BCUT2D eigenvalue weighted by Gasteiger charge is -2.51. The van der Waals surface area contributed by atoms with Gasteiger partial charge in [0, 0.05) is 12.4 Å². The van der Waals surface area contributed by atoms with Crippen LogP contribution in [0, 0.1) is 0 Å². The number of rotatable bonds is 5. The third-order valence-electron chi connectivity index (χ3n) is 5.05. The van der Waals surface area contributed by atoms with Gasteiger partial charge in [0.25, 0.3) is 0 Å². The number of hydrogen-bond donors (Lipinski definition) is 7. The standard InChI is InChI=1S/C21H21O11/c22-12-4-1-10(7-14(12)24)2-6-17(26)31-9-16-18(27)19(28)21(30,20(29)32-16)11-3-5-13(23)15(25)8-11/h1-8,16,18-20,22-25,27-28,30H,9H2/q-1/b6-2+/t16-,18-,19+,20-,21-/m1/s1. The minimum atomic E-state index is -2.66. The van der Waals surface area contributed by atoms with Gasteiger partial charge in [-0.2, -0.15) is 0 Å². The summed E-state index contributed by atoms with van der Waals surface area (Å²) < 4.78 is 9.94. The molecule has 0 bridgehead atoms. The molecule has 0 radical (unpaired) electrons. The molecule has 11 nitrogen and oxygen atoms in total. The van der Waals surface area contributed by atoms with Crippen LogP contribution >= 0.6 is 0 Å². The van der Waals surface area contributed by atoms with Crippen molar-refractivity contribution in [3.05, 3.63) is 53.6 Å². The smallest absolute Gasteiger partial charge is 0.330 e. The van der Waals surface area contributed by atoms with Gasteiger partial charge in [0.2, 0.25) is 0 Å². The summed E-state index contributed by atoms with van der Waals surface area (Å²) >= 11 is 0. The molecular formula is C21H21O11-. The summed E-state index contributed by atoms with van der Waals surface area (Å²) in [7, 11) is 0. The van der Waals surface area contributed by atoms with Crippen LogP contribution in [0.15, 0.2) is 42.5 Å². The topological polar surface area (TPSA) is 200 Å². The molecule has 172 valence electrons. The van der Waals surface area contributed by atoms with Crippen LogP contribution in [0.5, 0.6) is 23.0 Å². The average Bonchev–Trinajstić information content (AvgIpc) is 2.76. The van der Waals surface area contributed by atoms with Crippen LogP contribution in [-0.4, -0.2) is 72.9 Å². The average molecular weight is 449 g/mol. The molecule has 2 aromatic rings. The van der Waals surface area contributed by atoms with Crippen molar-refractivity contribution < 1.29 is 55.1 Å². The molecule has 0 aromatic heterocycles. The third kappa shape index (κ3) is 4.47. The first-order valence-corrected chi connectivity index (χ1v) is 9.33. The molecule has 2 aromatic carbocycles. The lowest BCUT2D eigenvalue weighted by Crippen LogP contribution is -2.68. The predicted molar refractivity (Wildman–Crippen MR) is 104 cm³/mol. The van der Waals surface area contributed by atoms with Gasteiger partial charge in [-0.25, -0.2) is 4.79 Å². The normalized spacial score (nSPS) is 28.0. The minimum absolute atomic E-state index is 0.296. The second kappa shape index (κ2) is 9.02. The van der Waals surface area contributed by atoms with Crippen molar-refractivity contribution >= 4 is 12.0 Å². The van der Waals surface area contributed by atoms with Gasteiger partial charge < -0.3 is 50.3 Å². The number of ether oxygens (including phenoxy) is 2. The van der Waals surface area contributed by atoms with Gasteiger partial charge in [-0.15, -0.1) is 0 Å². The highest BCUT2D eigenvalue weighted by Gasteiger charge is 2.51. The number of carbonyl (C=O) groups is 1. The van der Waals surface area contributed by atoms with E-state index in [4.69, 9.17) is 9.47 Å². The first-order chi connectivity index (χ1) is 15.0. The molecular weight excluding hydrogens is 428 g/mol. The number of aliphatic hydroxyl groups is 3. The van der Waals surface area contributed by atoms with Crippen LogP contribution in [0.2, 0.25) is 0 Å². The Hall–Kier alpha value is -3.35. The second-order valence-corrected chi connectivity index (χ2v) is 7.18. The second-order valence-electron chi connectivity index (χ2n) is 7.18. The van der Waals surface area contributed by atoms with Crippen LogP contribution in [-0.2, 0) is 19.9 Å². The molecule has 5 atom stereocenters. The Labute approximate surface area is 181 Å². The summed E-state index contributed by atoms with van der Waals surface area (Å²) in [6, 6.07) is 6.76. The molecule has 1 saturated heterocycles. The maximum Gasteiger partial charge on any atom is 0.330 e. The Kier molecular flexibility index (Phi) is 6.57. The van der Waals surface area contributed by atoms with Crippen LogP contribution in [0.4, 0.5) is 0 Å². The Morgan fingerprint density at radius 3 is 2.28 bits per heavy atom. The van der Waals surface area contributed by atoms with Crippen LogP contribution < -0.4 is 5.11 Å². The van der Waals surface area contributed by atoms with Crippen molar-refractivity contribution in [2.45, 2.75) is 30.2 Å². The van der Waals surface area contributed by atoms with Gasteiger partial charge in [0.05, 0.1) is 0 Å². The number of aliphatic hydroxyl groups excluding tert-OH is 2. The summed E-state index contributed by atoms with van der Waals surface area (Å²) in [4.78, 5) is 11.9. The Bertz CT molecular complexity index is 1020. The van der Waals surface area contributed by atoms with E-state index in [2.05, 4.69) is 0 Å². The molecule has 0 amide bonds. The highest BCUT2D eigenvalue weighted by Crippen LogP contribution is 2.39. The fourth-order valence-corrected chi connectivity index (χ4v) is 3.18. The first-order valence-electron chi connectivity index (χ1n) is 9.33. The van der Waals surface area contributed by atoms with E-state index in [0.29, 0.717) is 5.56 Å². The molecule has 7 N–H and O–H groups in total. The van der Waals surface area contributed by atoms with E-state index in [0.717, 1.165) is 24.3 Å². The van der Waals surface area contributed by atoms with Gasteiger partial charge in [0.15, 0.2) is 23.0 Å². The fraction of sp³-hybridized carbons (Fsp3) is 0.286. The van der Waals surface area contributed by atoms with E-state index >= 15 is 0 Å². The number of aromatic hydroxyl groups is 4. The molecule has 1 aliphatic heterocycles. The zero-order valence-electron chi connectivity index (χ0n) is 16.4. The molecule has 3 rings (SSSR count). The Morgan fingerprint density at radius 2 is 1.66 bits per heavy atom. The maximum absolute atomic E-state index is 12.5. The summed E-state index contributed by atoms with van der Waals surface area (Å²) in [5.74, 6) is -2.79. The van der Waals surface area contributed by atoms with Crippen molar-refractivity contribution in [3.63, 3.8) is 0 Å². The Balaban J connectivity index is 1.65. The summed E-state index contributed by atoms with van der Waals surface area (Å²) in [5, 5.41) is 81.6. The molecule has 1 heterocycles.